The highest BCUT2D eigenvalue weighted by Crippen LogP contribution is 2.25. The number of anilines is 2. The Hall–Kier alpha value is -2.83. The molecular weight excluding hydrogens is 375 g/mol. The van der Waals surface area contributed by atoms with Crippen LogP contribution in [0.4, 0.5) is 24.7 Å². The lowest BCUT2D eigenvalue weighted by Crippen LogP contribution is -2.51. The van der Waals surface area contributed by atoms with Gasteiger partial charge in [0.05, 0.1) is 6.61 Å². The molecule has 0 saturated heterocycles. The first-order valence-corrected chi connectivity index (χ1v) is 7.76. The first-order chi connectivity index (χ1) is 12.5. The Labute approximate surface area is 151 Å². The van der Waals surface area contributed by atoms with E-state index in [1.807, 2.05) is 0 Å². The van der Waals surface area contributed by atoms with E-state index in [9.17, 15) is 32.3 Å². The fourth-order valence-electron chi connectivity index (χ4n) is 2.34. The van der Waals surface area contributed by atoms with Crippen molar-refractivity contribution in [1.82, 2.24) is 9.13 Å². The monoisotopic (exact) mass is 395 g/mol. The van der Waals surface area contributed by atoms with E-state index in [-0.39, 0.29) is 18.1 Å². The molecule has 1 aromatic heterocycles. The van der Waals surface area contributed by atoms with E-state index in [1.165, 1.54) is 7.11 Å². The number of nitrogen functional groups attached to an aromatic ring is 1. The summed E-state index contributed by atoms with van der Waals surface area (Å²) in [5.74, 6) is -4.06. The molecule has 0 aromatic carbocycles. The first-order valence-electron chi connectivity index (χ1n) is 7.76. The number of rotatable bonds is 8. The molecule has 0 atom stereocenters. The maximum absolute atomic E-state index is 13.0. The number of carbonyl (C=O) groups excluding carboxylic acids is 2. The van der Waals surface area contributed by atoms with Crippen LogP contribution in [0.2, 0.25) is 0 Å². The SMILES string of the molecule is CCCn1c(N)c(N(CCOC)C(=O)C(F)(F)F)c(=O)n(CC(N)=O)c1=O. The Morgan fingerprint density at radius 1 is 1.22 bits per heavy atom. The summed E-state index contributed by atoms with van der Waals surface area (Å²) in [6.45, 7) is -0.292. The zero-order chi connectivity index (χ0) is 20.9. The van der Waals surface area contributed by atoms with Gasteiger partial charge in [-0.25, -0.2) is 9.36 Å². The summed E-state index contributed by atoms with van der Waals surface area (Å²) < 4.78 is 44.8. The van der Waals surface area contributed by atoms with E-state index >= 15 is 0 Å². The van der Waals surface area contributed by atoms with Crippen molar-refractivity contribution in [2.24, 2.45) is 5.73 Å². The van der Waals surface area contributed by atoms with E-state index in [4.69, 9.17) is 11.5 Å². The van der Waals surface area contributed by atoms with Crippen molar-refractivity contribution < 1.29 is 27.5 Å². The van der Waals surface area contributed by atoms with Gasteiger partial charge in [-0.3, -0.25) is 23.9 Å². The molecule has 13 heteroatoms. The number of carbonyl (C=O) groups is 2. The number of nitrogens with zero attached hydrogens (tertiary/aromatic N) is 3. The molecule has 0 aliphatic heterocycles. The fraction of sp³-hybridized carbons (Fsp3) is 0.571. The molecule has 1 heterocycles. The van der Waals surface area contributed by atoms with Crippen LogP contribution in [0, 0.1) is 0 Å². The maximum Gasteiger partial charge on any atom is 0.471 e. The number of halogens is 3. The van der Waals surface area contributed by atoms with Gasteiger partial charge in [0.2, 0.25) is 5.91 Å². The molecule has 4 N–H and O–H groups in total. The minimum atomic E-state index is -5.31. The standard InChI is InChI=1S/C14H20F3N5O5/c1-3-4-21-10(19)9(11(24)22(13(21)26)7-8(18)23)20(5-6-27-2)12(25)14(15,16)17/h3-7,19H2,1-2H3,(H2,18,23). The second kappa shape index (κ2) is 8.70. The van der Waals surface area contributed by atoms with Gasteiger partial charge in [-0.2, -0.15) is 13.2 Å². The van der Waals surface area contributed by atoms with Crippen molar-refractivity contribution in [2.45, 2.75) is 32.6 Å². The van der Waals surface area contributed by atoms with Crippen LogP contribution in [0.15, 0.2) is 9.59 Å². The third-order valence-corrected chi connectivity index (χ3v) is 3.48. The Morgan fingerprint density at radius 3 is 2.26 bits per heavy atom. The highest BCUT2D eigenvalue weighted by molar-refractivity contribution is 5.99. The van der Waals surface area contributed by atoms with Gasteiger partial charge in [-0.05, 0) is 6.42 Å². The number of nitrogens with two attached hydrogens (primary N) is 2. The van der Waals surface area contributed by atoms with Crippen LogP contribution < -0.4 is 27.6 Å². The predicted octanol–water partition coefficient (Wildman–Crippen LogP) is -0.971. The highest BCUT2D eigenvalue weighted by Gasteiger charge is 2.44. The number of amides is 2. The number of primary amides is 1. The Bertz CT molecular complexity index is 830. The van der Waals surface area contributed by atoms with Crippen LogP contribution in [0.3, 0.4) is 0 Å². The van der Waals surface area contributed by atoms with Crippen molar-refractivity contribution >= 4 is 23.3 Å². The largest absolute Gasteiger partial charge is 0.471 e. The number of methoxy groups -OCH3 is 1. The molecule has 1 aromatic rings. The number of alkyl halides is 3. The van der Waals surface area contributed by atoms with Gasteiger partial charge in [-0.15, -0.1) is 0 Å². The predicted molar refractivity (Wildman–Crippen MR) is 89.1 cm³/mol. The number of hydrogen-bond acceptors (Lipinski definition) is 6. The van der Waals surface area contributed by atoms with Gasteiger partial charge < -0.3 is 16.2 Å². The molecule has 0 fully saturated rings. The Morgan fingerprint density at radius 2 is 1.81 bits per heavy atom. The molecular formula is C14H20F3N5O5. The molecule has 0 aliphatic carbocycles. The molecule has 0 bridgehead atoms. The van der Waals surface area contributed by atoms with E-state index in [0.717, 1.165) is 4.57 Å². The van der Waals surface area contributed by atoms with Crippen molar-refractivity contribution in [3.05, 3.63) is 20.8 Å². The summed E-state index contributed by atoms with van der Waals surface area (Å²) >= 11 is 0. The van der Waals surface area contributed by atoms with Gasteiger partial charge in [0.15, 0.2) is 5.69 Å². The maximum atomic E-state index is 13.0. The summed E-state index contributed by atoms with van der Waals surface area (Å²) in [4.78, 5) is 48.1. The summed E-state index contributed by atoms with van der Waals surface area (Å²) in [7, 11) is 1.18. The van der Waals surface area contributed by atoms with Gasteiger partial charge >= 0.3 is 17.8 Å². The molecule has 10 nitrogen and oxygen atoms in total. The fourth-order valence-corrected chi connectivity index (χ4v) is 2.34. The quantitative estimate of drug-likeness (QED) is 0.580. The second-order valence-electron chi connectivity index (χ2n) is 5.47. The van der Waals surface area contributed by atoms with Crippen LogP contribution in [0.1, 0.15) is 13.3 Å². The van der Waals surface area contributed by atoms with E-state index in [1.54, 1.807) is 6.92 Å². The van der Waals surface area contributed by atoms with Crippen LogP contribution in [0.5, 0.6) is 0 Å². The molecule has 0 spiro atoms. The van der Waals surface area contributed by atoms with Crippen molar-refractivity contribution in [3.8, 4) is 0 Å². The second-order valence-corrected chi connectivity index (χ2v) is 5.47. The number of aromatic nitrogens is 2. The molecule has 27 heavy (non-hydrogen) atoms. The van der Waals surface area contributed by atoms with Gasteiger partial charge in [-0.1, -0.05) is 6.92 Å². The Balaban J connectivity index is 3.82. The van der Waals surface area contributed by atoms with Crippen LogP contribution in [0.25, 0.3) is 0 Å². The lowest BCUT2D eigenvalue weighted by atomic mass is 10.3. The zero-order valence-corrected chi connectivity index (χ0v) is 14.7. The normalized spacial score (nSPS) is 11.4. The molecule has 152 valence electrons. The minimum Gasteiger partial charge on any atom is -0.383 e. The van der Waals surface area contributed by atoms with Gasteiger partial charge in [0.1, 0.15) is 12.4 Å². The average molecular weight is 395 g/mol. The first kappa shape index (κ1) is 22.2. The summed E-state index contributed by atoms with van der Waals surface area (Å²) in [5.41, 5.74) is 7.53. The third kappa shape index (κ3) is 4.87. The highest BCUT2D eigenvalue weighted by atomic mass is 19.4. The Kier molecular flexibility index (Phi) is 7.16. The van der Waals surface area contributed by atoms with Crippen LogP contribution >= 0.6 is 0 Å². The smallest absolute Gasteiger partial charge is 0.383 e. The van der Waals surface area contributed by atoms with Crippen molar-refractivity contribution in [2.75, 3.05) is 30.9 Å². The summed E-state index contributed by atoms with van der Waals surface area (Å²) in [6.07, 6.45) is -4.98. The van der Waals surface area contributed by atoms with Crippen LogP contribution in [-0.2, 0) is 27.4 Å². The lowest BCUT2D eigenvalue weighted by molar-refractivity contribution is -0.170. The van der Waals surface area contributed by atoms with Gasteiger partial charge in [0, 0.05) is 20.2 Å². The molecule has 2 amide bonds. The summed E-state index contributed by atoms with van der Waals surface area (Å²) in [6, 6.07) is 0. The zero-order valence-electron chi connectivity index (χ0n) is 14.7. The van der Waals surface area contributed by atoms with E-state index in [0.29, 0.717) is 11.0 Å². The minimum absolute atomic E-state index is 0.0605. The average Bonchev–Trinajstić information content (AvgIpc) is 2.57. The number of ether oxygens (including phenoxy) is 1. The summed E-state index contributed by atoms with van der Waals surface area (Å²) in [5, 5.41) is 0. The molecule has 0 unspecified atom stereocenters. The van der Waals surface area contributed by atoms with Crippen LogP contribution in [-0.4, -0.2) is 47.4 Å². The molecule has 0 aliphatic rings. The topological polar surface area (TPSA) is 143 Å². The van der Waals surface area contributed by atoms with E-state index in [2.05, 4.69) is 4.74 Å². The molecule has 1 rings (SSSR count). The lowest BCUT2D eigenvalue weighted by Gasteiger charge is -2.26. The third-order valence-electron chi connectivity index (χ3n) is 3.48. The van der Waals surface area contributed by atoms with Crippen molar-refractivity contribution in [1.29, 1.82) is 0 Å². The van der Waals surface area contributed by atoms with E-state index < -0.39 is 53.8 Å². The molecule has 0 saturated carbocycles. The number of hydrogen-bond donors (Lipinski definition) is 2. The van der Waals surface area contributed by atoms with Crippen molar-refractivity contribution in [3.63, 3.8) is 0 Å². The molecule has 0 radical (unpaired) electrons. The van der Waals surface area contributed by atoms with Gasteiger partial charge in [0.25, 0.3) is 5.56 Å².